The van der Waals surface area contributed by atoms with Gasteiger partial charge in [-0.3, -0.25) is 0 Å². The van der Waals surface area contributed by atoms with E-state index < -0.39 is 6.61 Å². The number of anilines is 1. The van der Waals surface area contributed by atoms with Crippen molar-refractivity contribution < 1.29 is 13.5 Å². The average molecular weight is 367 g/mol. The summed E-state index contributed by atoms with van der Waals surface area (Å²) in [6, 6.07) is 3.02. The maximum atomic E-state index is 12.4. The number of ether oxygens (including phenoxy) is 1. The fourth-order valence-electron chi connectivity index (χ4n) is 1.64. The fraction of sp³-hybridized carbons (Fsp3) is 0.250. The van der Waals surface area contributed by atoms with Crippen LogP contribution in [-0.4, -0.2) is 16.2 Å². The van der Waals surface area contributed by atoms with Crippen LogP contribution in [0.2, 0.25) is 5.02 Å². The maximum Gasteiger partial charge on any atom is 0.387 e. The Labute approximate surface area is 127 Å². The third-order valence-electron chi connectivity index (χ3n) is 2.59. The first-order valence-corrected chi connectivity index (χ1v) is 6.77. The van der Waals surface area contributed by atoms with Crippen molar-refractivity contribution in [1.29, 1.82) is 0 Å². The zero-order chi connectivity index (χ0) is 14.7. The van der Waals surface area contributed by atoms with Crippen molar-refractivity contribution in [2.45, 2.75) is 13.2 Å². The Bertz CT molecular complexity index is 606. The summed E-state index contributed by atoms with van der Waals surface area (Å²) in [5, 5.41) is 3.42. The molecule has 0 aliphatic carbocycles. The molecule has 2 rings (SSSR count). The standard InChI is InChI=1S/C12H11BrClF2N3O/c1-19-6-17-4-8(19)5-18-10-3-7(14)2-9(13)11(10)20-12(15)16/h2-4,6,12,18H,5H2,1H3. The third kappa shape index (κ3) is 3.61. The van der Waals surface area contributed by atoms with Crippen LogP contribution in [0.1, 0.15) is 5.69 Å². The molecule has 0 saturated carbocycles. The van der Waals surface area contributed by atoms with Gasteiger partial charge in [-0.25, -0.2) is 4.98 Å². The Balaban J connectivity index is 2.23. The molecule has 0 radical (unpaired) electrons. The first-order valence-electron chi connectivity index (χ1n) is 5.60. The molecule has 1 aromatic carbocycles. The van der Waals surface area contributed by atoms with Gasteiger partial charge >= 0.3 is 6.61 Å². The number of halogens is 4. The monoisotopic (exact) mass is 365 g/mol. The number of imidazole rings is 1. The SMILES string of the molecule is Cn1cncc1CNc1cc(Cl)cc(Br)c1OC(F)F. The van der Waals surface area contributed by atoms with Crippen LogP contribution in [0, 0.1) is 0 Å². The number of rotatable bonds is 5. The van der Waals surface area contributed by atoms with Crippen molar-refractivity contribution in [3.05, 3.63) is 39.8 Å². The number of alkyl halides is 2. The summed E-state index contributed by atoms with van der Waals surface area (Å²) < 4.78 is 31.6. The van der Waals surface area contributed by atoms with E-state index in [-0.39, 0.29) is 5.75 Å². The van der Waals surface area contributed by atoms with Crippen LogP contribution >= 0.6 is 27.5 Å². The summed E-state index contributed by atoms with van der Waals surface area (Å²) in [6.07, 6.45) is 3.34. The average Bonchev–Trinajstić information content (AvgIpc) is 2.76. The van der Waals surface area contributed by atoms with E-state index in [4.69, 9.17) is 11.6 Å². The number of nitrogens with one attached hydrogen (secondary N) is 1. The predicted molar refractivity (Wildman–Crippen MR) is 76.3 cm³/mol. The van der Waals surface area contributed by atoms with Crippen molar-refractivity contribution in [2.24, 2.45) is 7.05 Å². The van der Waals surface area contributed by atoms with Crippen LogP contribution in [0.25, 0.3) is 0 Å². The van der Waals surface area contributed by atoms with Gasteiger partial charge in [-0.15, -0.1) is 0 Å². The molecule has 0 saturated heterocycles. The lowest BCUT2D eigenvalue weighted by Crippen LogP contribution is -2.08. The molecule has 0 aliphatic heterocycles. The smallest absolute Gasteiger partial charge is 0.387 e. The second-order valence-electron chi connectivity index (χ2n) is 3.99. The molecule has 0 aliphatic rings. The van der Waals surface area contributed by atoms with E-state index in [0.717, 1.165) is 5.69 Å². The molecule has 4 nitrogen and oxygen atoms in total. The first-order chi connectivity index (χ1) is 9.47. The summed E-state index contributed by atoms with van der Waals surface area (Å²) in [4.78, 5) is 3.98. The minimum Gasteiger partial charge on any atom is -0.431 e. The third-order valence-corrected chi connectivity index (χ3v) is 3.40. The topological polar surface area (TPSA) is 39.1 Å². The predicted octanol–water partition coefficient (Wildman–Crippen LogP) is 4.05. The van der Waals surface area contributed by atoms with Crippen LogP contribution in [-0.2, 0) is 13.6 Å². The van der Waals surface area contributed by atoms with E-state index >= 15 is 0 Å². The summed E-state index contributed by atoms with van der Waals surface area (Å²) in [7, 11) is 1.84. The van der Waals surface area contributed by atoms with Crippen molar-refractivity contribution in [2.75, 3.05) is 5.32 Å². The van der Waals surface area contributed by atoms with E-state index in [9.17, 15) is 8.78 Å². The molecule has 8 heteroatoms. The second kappa shape index (κ2) is 6.41. The summed E-state index contributed by atoms with van der Waals surface area (Å²) in [5.41, 5.74) is 1.27. The van der Waals surface area contributed by atoms with E-state index in [2.05, 4.69) is 31.0 Å². The molecule has 1 heterocycles. The molecule has 0 amide bonds. The van der Waals surface area contributed by atoms with Gasteiger partial charge in [0.05, 0.1) is 28.7 Å². The highest BCUT2D eigenvalue weighted by atomic mass is 79.9. The molecule has 0 unspecified atom stereocenters. The summed E-state index contributed by atoms with van der Waals surface area (Å²) in [5.74, 6) is 0.0200. The fourth-order valence-corrected chi connectivity index (χ4v) is 2.54. The van der Waals surface area contributed by atoms with Gasteiger partial charge in [-0.2, -0.15) is 8.78 Å². The quantitative estimate of drug-likeness (QED) is 0.868. The first kappa shape index (κ1) is 15.1. The second-order valence-corrected chi connectivity index (χ2v) is 5.28. The lowest BCUT2D eigenvalue weighted by molar-refractivity contribution is -0.0498. The molecule has 0 spiro atoms. The number of aryl methyl sites for hydroxylation is 1. The Morgan fingerprint density at radius 1 is 1.50 bits per heavy atom. The van der Waals surface area contributed by atoms with Gasteiger partial charge in [-0.1, -0.05) is 11.6 Å². The Hall–Kier alpha value is -1.34. The summed E-state index contributed by atoms with van der Waals surface area (Å²) >= 11 is 9.08. The van der Waals surface area contributed by atoms with Crippen molar-refractivity contribution in [3.63, 3.8) is 0 Å². The number of hydrogen-bond acceptors (Lipinski definition) is 3. The lowest BCUT2D eigenvalue weighted by Gasteiger charge is -2.15. The molecule has 1 N–H and O–H groups in total. The Morgan fingerprint density at radius 2 is 2.25 bits per heavy atom. The van der Waals surface area contributed by atoms with Gasteiger partial charge in [0.15, 0.2) is 5.75 Å². The largest absolute Gasteiger partial charge is 0.431 e. The van der Waals surface area contributed by atoms with Gasteiger partial charge in [0, 0.05) is 18.3 Å². The number of hydrogen-bond donors (Lipinski definition) is 1. The summed E-state index contributed by atoms with van der Waals surface area (Å²) in [6.45, 7) is -2.51. The molecule has 1 aromatic heterocycles. The van der Waals surface area contributed by atoms with Crippen molar-refractivity contribution in [3.8, 4) is 5.75 Å². The van der Waals surface area contributed by atoms with Gasteiger partial charge in [0.1, 0.15) is 0 Å². The highest BCUT2D eigenvalue weighted by molar-refractivity contribution is 9.10. The zero-order valence-corrected chi connectivity index (χ0v) is 12.8. The van der Waals surface area contributed by atoms with Crippen LogP contribution in [0.4, 0.5) is 14.5 Å². The van der Waals surface area contributed by atoms with Crippen LogP contribution in [0.5, 0.6) is 5.75 Å². The van der Waals surface area contributed by atoms with Gasteiger partial charge in [0.25, 0.3) is 0 Å². The number of aromatic nitrogens is 2. The van der Waals surface area contributed by atoms with Gasteiger partial charge in [0.2, 0.25) is 0 Å². The van der Waals surface area contributed by atoms with Crippen molar-refractivity contribution in [1.82, 2.24) is 9.55 Å². The Kier molecular flexibility index (Phi) is 4.82. The van der Waals surface area contributed by atoms with E-state index in [1.807, 2.05) is 11.6 Å². The van der Waals surface area contributed by atoms with Crippen molar-refractivity contribution >= 4 is 33.2 Å². The molecule has 2 aromatic rings. The van der Waals surface area contributed by atoms with Gasteiger partial charge < -0.3 is 14.6 Å². The molecule has 0 atom stereocenters. The zero-order valence-electron chi connectivity index (χ0n) is 10.4. The highest BCUT2D eigenvalue weighted by Gasteiger charge is 2.15. The number of nitrogens with zero attached hydrogens (tertiary/aromatic N) is 2. The van der Waals surface area contributed by atoms with Gasteiger partial charge in [-0.05, 0) is 28.1 Å². The normalized spacial score (nSPS) is 10.9. The Morgan fingerprint density at radius 3 is 2.85 bits per heavy atom. The molecular weight excluding hydrogens is 356 g/mol. The number of benzene rings is 1. The molecule has 108 valence electrons. The molecule has 0 fully saturated rings. The minimum atomic E-state index is -2.91. The van der Waals surface area contributed by atoms with E-state index in [1.54, 1.807) is 12.5 Å². The molecule has 0 bridgehead atoms. The molecule has 20 heavy (non-hydrogen) atoms. The lowest BCUT2D eigenvalue weighted by atomic mass is 10.3. The van der Waals surface area contributed by atoms with Crippen LogP contribution in [0.15, 0.2) is 29.1 Å². The van der Waals surface area contributed by atoms with E-state index in [0.29, 0.717) is 21.7 Å². The van der Waals surface area contributed by atoms with E-state index in [1.165, 1.54) is 12.1 Å². The molecular formula is C12H11BrClF2N3O. The minimum absolute atomic E-state index is 0.0200. The maximum absolute atomic E-state index is 12.4. The van der Waals surface area contributed by atoms with Crippen LogP contribution in [0.3, 0.4) is 0 Å². The van der Waals surface area contributed by atoms with Crippen LogP contribution < -0.4 is 10.1 Å². The highest BCUT2D eigenvalue weighted by Crippen LogP contribution is 2.37.